The summed E-state index contributed by atoms with van der Waals surface area (Å²) in [7, 11) is 0. The third-order valence-electron chi connectivity index (χ3n) is 5.23. The number of aryl methyl sites for hydroxylation is 1. The first-order valence-corrected chi connectivity index (χ1v) is 10.8. The molecule has 1 atom stereocenters. The van der Waals surface area contributed by atoms with Crippen LogP contribution in [0.25, 0.3) is 0 Å². The second kappa shape index (κ2) is 11.1. The summed E-state index contributed by atoms with van der Waals surface area (Å²) in [6.07, 6.45) is 3.59. The number of morpholine rings is 1. The molecule has 1 fully saturated rings. The average Bonchev–Trinajstić information content (AvgIpc) is 2.74. The Morgan fingerprint density at radius 2 is 1.79 bits per heavy atom. The van der Waals surface area contributed by atoms with Crippen molar-refractivity contribution < 1.29 is 9.64 Å². The van der Waals surface area contributed by atoms with Gasteiger partial charge in [0.15, 0.2) is 5.11 Å². The number of hydrogen-bond donors (Lipinski definition) is 3. The van der Waals surface area contributed by atoms with Crippen LogP contribution in [0.4, 0.5) is 5.69 Å². The number of nitrogens with one attached hydrogen (secondary N) is 3. The molecule has 4 nitrogen and oxygen atoms in total. The van der Waals surface area contributed by atoms with Gasteiger partial charge in [0.2, 0.25) is 0 Å². The van der Waals surface area contributed by atoms with E-state index in [-0.39, 0.29) is 6.04 Å². The van der Waals surface area contributed by atoms with Crippen molar-refractivity contribution in [3.05, 3.63) is 65.7 Å². The molecule has 1 heterocycles. The lowest BCUT2D eigenvalue weighted by atomic mass is 10.1. The van der Waals surface area contributed by atoms with E-state index >= 15 is 0 Å². The highest BCUT2D eigenvalue weighted by Crippen LogP contribution is 2.14. The average molecular weight is 399 g/mol. The van der Waals surface area contributed by atoms with Crippen LogP contribution < -0.4 is 15.5 Å². The third-order valence-corrected chi connectivity index (χ3v) is 5.45. The number of hydrogen-bond acceptors (Lipinski definition) is 2. The summed E-state index contributed by atoms with van der Waals surface area (Å²) in [6.45, 7) is 6.98. The van der Waals surface area contributed by atoms with Gasteiger partial charge in [-0.25, -0.2) is 0 Å². The zero-order valence-corrected chi connectivity index (χ0v) is 17.6. The largest absolute Gasteiger partial charge is 0.370 e. The molecule has 1 aliphatic heterocycles. The van der Waals surface area contributed by atoms with Gasteiger partial charge in [0, 0.05) is 5.69 Å². The normalized spacial score (nSPS) is 15.8. The van der Waals surface area contributed by atoms with Gasteiger partial charge >= 0.3 is 0 Å². The molecule has 5 heteroatoms. The lowest BCUT2D eigenvalue weighted by Crippen LogP contribution is -3.14. The maximum atomic E-state index is 5.63. The molecule has 0 bridgehead atoms. The Morgan fingerprint density at radius 3 is 2.46 bits per heavy atom. The summed E-state index contributed by atoms with van der Waals surface area (Å²) in [6, 6.07) is 19.4. The van der Waals surface area contributed by atoms with Crippen LogP contribution in [-0.4, -0.2) is 38.0 Å². The van der Waals surface area contributed by atoms with Crippen molar-refractivity contribution in [3.8, 4) is 0 Å². The van der Waals surface area contributed by atoms with Gasteiger partial charge in [0.05, 0.1) is 13.2 Å². The van der Waals surface area contributed by atoms with Gasteiger partial charge in [-0.3, -0.25) is 0 Å². The zero-order valence-electron chi connectivity index (χ0n) is 16.7. The first kappa shape index (κ1) is 20.8. The van der Waals surface area contributed by atoms with E-state index in [0.29, 0.717) is 5.11 Å². The molecular formula is C23H32N3OS+. The Kier molecular flexibility index (Phi) is 8.27. The molecule has 2 aromatic carbocycles. The molecular weight excluding hydrogens is 366 g/mol. The second-order valence-electron chi connectivity index (χ2n) is 7.43. The quantitative estimate of drug-likeness (QED) is 0.598. The molecule has 0 aromatic heterocycles. The number of quaternary nitrogens is 1. The van der Waals surface area contributed by atoms with Gasteiger partial charge in [0.1, 0.15) is 25.7 Å². The topological polar surface area (TPSA) is 37.7 Å². The van der Waals surface area contributed by atoms with E-state index < -0.39 is 0 Å². The predicted molar refractivity (Wildman–Crippen MR) is 120 cm³/mol. The molecule has 0 aliphatic carbocycles. The van der Waals surface area contributed by atoms with Gasteiger partial charge < -0.3 is 20.3 Å². The fourth-order valence-electron chi connectivity index (χ4n) is 3.55. The fourth-order valence-corrected chi connectivity index (χ4v) is 3.81. The smallest absolute Gasteiger partial charge is 0.171 e. The minimum atomic E-state index is 0.179. The maximum absolute atomic E-state index is 5.63. The van der Waals surface area contributed by atoms with Crippen LogP contribution in [0.15, 0.2) is 54.6 Å². The maximum Gasteiger partial charge on any atom is 0.171 e. The van der Waals surface area contributed by atoms with E-state index in [1.807, 2.05) is 0 Å². The Bertz CT molecular complexity index is 714. The van der Waals surface area contributed by atoms with E-state index in [9.17, 15) is 0 Å². The summed E-state index contributed by atoms with van der Waals surface area (Å²) in [5, 5.41) is 7.56. The summed E-state index contributed by atoms with van der Waals surface area (Å²) >= 11 is 5.63. The Hall–Kier alpha value is -1.95. The molecule has 1 aliphatic rings. The number of anilines is 1. The molecule has 0 spiro atoms. The number of unbranched alkanes of at least 4 members (excludes halogenated alkanes) is 1. The third kappa shape index (κ3) is 6.59. The molecule has 0 saturated carbocycles. The van der Waals surface area contributed by atoms with Gasteiger partial charge in [-0.05, 0) is 48.3 Å². The van der Waals surface area contributed by atoms with Gasteiger partial charge in [0.25, 0.3) is 0 Å². The molecule has 150 valence electrons. The first-order chi connectivity index (χ1) is 13.7. The van der Waals surface area contributed by atoms with Crippen molar-refractivity contribution in [2.75, 3.05) is 38.2 Å². The Morgan fingerprint density at radius 1 is 1.07 bits per heavy atom. The summed E-state index contributed by atoms with van der Waals surface area (Å²) in [5.74, 6) is 0. The van der Waals surface area contributed by atoms with Crippen molar-refractivity contribution in [2.24, 2.45) is 0 Å². The van der Waals surface area contributed by atoms with E-state index in [2.05, 4.69) is 72.2 Å². The number of rotatable bonds is 8. The first-order valence-electron chi connectivity index (χ1n) is 10.4. The molecule has 0 radical (unpaired) electrons. The van der Waals surface area contributed by atoms with Crippen molar-refractivity contribution in [2.45, 2.75) is 32.2 Å². The zero-order chi connectivity index (χ0) is 19.6. The molecule has 1 saturated heterocycles. The van der Waals surface area contributed by atoms with Gasteiger partial charge in [-0.1, -0.05) is 55.8 Å². The molecule has 0 unspecified atom stereocenters. The van der Waals surface area contributed by atoms with Crippen LogP contribution >= 0.6 is 12.2 Å². The number of ether oxygens (including phenoxy) is 1. The second-order valence-corrected chi connectivity index (χ2v) is 7.84. The molecule has 3 N–H and O–H groups in total. The van der Waals surface area contributed by atoms with Crippen molar-refractivity contribution in [1.82, 2.24) is 5.32 Å². The lowest BCUT2D eigenvalue weighted by molar-refractivity contribution is -0.909. The number of benzene rings is 2. The van der Waals surface area contributed by atoms with Crippen molar-refractivity contribution in [3.63, 3.8) is 0 Å². The van der Waals surface area contributed by atoms with Crippen LogP contribution in [-0.2, 0) is 11.2 Å². The Balaban J connectivity index is 1.60. The monoisotopic (exact) mass is 398 g/mol. The minimum absolute atomic E-state index is 0.179. The fraction of sp³-hybridized carbons (Fsp3) is 0.435. The summed E-state index contributed by atoms with van der Waals surface area (Å²) in [4.78, 5) is 1.55. The molecule has 0 amide bonds. The SMILES string of the molecule is CCCCc1ccc(NC(=S)N[C@@H](C[NH+]2CCOCC2)c2ccccc2)cc1. The summed E-state index contributed by atoms with van der Waals surface area (Å²) < 4.78 is 5.50. The van der Waals surface area contributed by atoms with E-state index in [4.69, 9.17) is 17.0 Å². The van der Waals surface area contributed by atoms with Gasteiger partial charge in [-0.2, -0.15) is 0 Å². The van der Waals surface area contributed by atoms with Crippen molar-refractivity contribution in [1.29, 1.82) is 0 Å². The molecule has 3 rings (SSSR count). The van der Waals surface area contributed by atoms with Crippen LogP contribution in [0, 0.1) is 0 Å². The highest BCUT2D eigenvalue weighted by molar-refractivity contribution is 7.80. The highest BCUT2D eigenvalue weighted by Gasteiger charge is 2.22. The van der Waals surface area contributed by atoms with Crippen molar-refractivity contribution >= 4 is 23.0 Å². The predicted octanol–water partition coefficient (Wildman–Crippen LogP) is 2.97. The number of thiocarbonyl (C=S) groups is 1. The van der Waals surface area contributed by atoms with Crippen LogP contribution in [0.3, 0.4) is 0 Å². The van der Waals surface area contributed by atoms with Crippen LogP contribution in [0.1, 0.15) is 36.9 Å². The standard InChI is InChI=1S/C23H31N3OS/c1-2-3-7-19-10-12-21(13-11-19)24-23(28)25-22(20-8-5-4-6-9-20)18-26-14-16-27-17-15-26/h4-6,8-13,22H,2-3,7,14-18H2,1H3,(H2,24,25,28)/p+1/t22-/m0/s1. The highest BCUT2D eigenvalue weighted by atomic mass is 32.1. The molecule has 28 heavy (non-hydrogen) atoms. The van der Waals surface area contributed by atoms with Gasteiger partial charge in [-0.15, -0.1) is 0 Å². The van der Waals surface area contributed by atoms with E-state index in [1.165, 1.54) is 24.0 Å². The summed E-state index contributed by atoms with van der Waals surface area (Å²) in [5.41, 5.74) is 3.67. The Labute approximate surface area is 174 Å². The van der Waals surface area contributed by atoms with E-state index in [1.54, 1.807) is 4.90 Å². The van der Waals surface area contributed by atoms with Crippen LogP contribution in [0.5, 0.6) is 0 Å². The van der Waals surface area contributed by atoms with Crippen LogP contribution in [0.2, 0.25) is 0 Å². The lowest BCUT2D eigenvalue weighted by Gasteiger charge is -2.29. The minimum Gasteiger partial charge on any atom is -0.370 e. The molecule has 2 aromatic rings. The van der Waals surface area contributed by atoms with E-state index in [0.717, 1.165) is 45.0 Å².